The fourth-order valence-corrected chi connectivity index (χ4v) is 0.587. The van der Waals surface area contributed by atoms with Crippen molar-refractivity contribution in [2.45, 2.75) is 32.3 Å². The van der Waals surface area contributed by atoms with Crippen LogP contribution in [0.4, 0.5) is 8.78 Å². The van der Waals surface area contributed by atoms with Gasteiger partial charge in [-0.1, -0.05) is 6.92 Å². The van der Waals surface area contributed by atoms with Crippen LogP contribution in [0.1, 0.15) is 20.3 Å². The average molecular weight is 182 g/mol. The second-order valence-electron chi connectivity index (χ2n) is 2.27. The van der Waals surface area contributed by atoms with Crippen molar-refractivity contribution in [3.63, 3.8) is 0 Å². The molecule has 0 bridgehead atoms. The minimum atomic E-state index is -3.40. The predicted molar refractivity (Wildman–Crippen MR) is 37.9 cm³/mol. The van der Waals surface area contributed by atoms with Crippen LogP contribution in [0.5, 0.6) is 0 Å². The highest BCUT2D eigenvalue weighted by molar-refractivity contribution is 5.75. The summed E-state index contributed by atoms with van der Waals surface area (Å²) in [5.41, 5.74) is 0. The van der Waals surface area contributed by atoms with Gasteiger partial charge in [0.25, 0.3) is 5.92 Å². The lowest BCUT2D eigenvalue weighted by atomic mass is 10.1. The molecule has 0 amide bonds. The molecule has 0 saturated carbocycles. The first-order valence-electron chi connectivity index (χ1n) is 3.68. The Bertz CT molecular complexity index is 159. The molecule has 1 atom stereocenters. The SMILES string of the molecule is CCOC(=O)C(O)C(F)(F)CC. The number of aliphatic hydroxyl groups is 1. The van der Waals surface area contributed by atoms with E-state index in [1.54, 1.807) is 0 Å². The Kier molecular flexibility index (Phi) is 4.09. The highest BCUT2D eigenvalue weighted by Crippen LogP contribution is 2.23. The molecule has 0 saturated heterocycles. The first-order valence-corrected chi connectivity index (χ1v) is 3.68. The standard InChI is InChI=1S/C7H12F2O3/c1-3-7(8,9)5(10)6(11)12-4-2/h5,10H,3-4H2,1-2H3. The third-order valence-corrected chi connectivity index (χ3v) is 1.38. The van der Waals surface area contributed by atoms with Gasteiger partial charge in [-0.25, -0.2) is 13.6 Å². The smallest absolute Gasteiger partial charge is 0.341 e. The summed E-state index contributed by atoms with van der Waals surface area (Å²) in [6, 6.07) is 0. The van der Waals surface area contributed by atoms with Crippen LogP contribution in [0.2, 0.25) is 0 Å². The van der Waals surface area contributed by atoms with Gasteiger partial charge in [-0.05, 0) is 6.92 Å². The summed E-state index contributed by atoms with van der Waals surface area (Å²) in [7, 11) is 0. The topological polar surface area (TPSA) is 46.5 Å². The molecule has 0 radical (unpaired) electrons. The Morgan fingerprint density at radius 1 is 1.58 bits per heavy atom. The number of hydrogen-bond acceptors (Lipinski definition) is 3. The number of esters is 1. The average Bonchev–Trinajstić information content (AvgIpc) is 2.03. The van der Waals surface area contributed by atoms with Crippen molar-refractivity contribution in [1.82, 2.24) is 0 Å². The molecule has 0 spiro atoms. The van der Waals surface area contributed by atoms with Gasteiger partial charge in [0.15, 0.2) is 0 Å². The molecule has 0 aromatic rings. The molecule has 1 N–H and O–H groups in total. The molecule has 0 aromatic heterocycles. The number of carbonyl (C=O) groups is 1. The summed E-state index contributed by atoms with van der Waals surface area (Å²) < 4.78 is 29.4. The predicted octanol–water partition coefficient (Wildman–Crippen LogP) is 0.956. The zero-order chi connectivity index (χ0) is 9.78. The summed E-state index contributed by atoms with van der Waals surface area (Å²) >= 11 is 0. The summed E-state index contributed by atoms with van der Waals surface area (Å²) in [4.78, 5) is 10.6. The summed E-state index contributed by atoms with van der Waals surface area (Å²) in [6.07, 6.45) is -2.94. The van der Waals surface area contributed by atoms with E-state index in [4.69, 9.17) is 5.11 Å². The Morgan fingerprint density at radius 2 is 2.08 bits per heavy atom. The molecule has 0 aromatic carbocycles. The van der Waals surface area contributed by atoms with Crippen LogP contribution in [-0.2, 0) is 9.53 Å². The third kappa shape index (κ3) is 2.73. The molecular weight excluding hydrogens is 170 g/mol. The van der Waals surface area contributed by atoms with E-state index in [1.807, 2.05) is 0 Å². The normalized spacial score (nSPS) is 14.1. The molecule has 12 heavy (non-hydrogen) atoms. The third-order valence-electron chi connectivity index (χ3n) is 1.38. The van der Waals surface area contributed by atoms with Gasteiger partial charge in [-0.15, -0.1) is 0 Å². The summed E-state index contributed by atoms with van der Waals surface area (Å²) in [5, 5.41) is 8.75. The molecule has 0 aliphatic rings. The van der Waals surface area contributed by atoms with Gasteiger partial charge in [0.2, 0.25) is 6.10 Å². The number of alkyl halides is 2. The second-order valence-corrected chi connectivity index (χ2v) is 2.27. The zero-order valence-electron chi connectivity index (χ0n) is 7.01. The van der Waals surface area contributed by atoms with E-state index in [0.29, 0.717) is 0 Å². The van der Waals surface area contributed by atoms with Gasteiger partial charge >= 0.3 is 5.97 Å². The van der Waals surface area contributed by atoms with Crippen molar-refractivity contribution >= 4 is 5.97 Å². The van der Waals surface area contributed by atoms with E-state index in [-0.39, 0.29) is 6.61 Å². The van der Waals surface area contributed by atoms with Crippen LogP contribution >= 0.6 is 0 Å². The molecule has 0 aliphatic heterocycles. The number of ether oxygens (including phenoxy) is 1. The van der Waals surface area contributed by atoms with Gasteiger partial charge in [0, 0.05) is 6.42 Å². The maximum atomic E-state index is 12.6. The number of halogens is 2. The quantitative estimate of drug-likeness (QED) is 0.658. The lowest BCUT2D eigenvalue weighted by Gasteiger charge is -2.18. The lowest BCUT2D eigenvalue weighted by molar-refractivity contribution is -0.176. The highest BCUT2D eigenvalue weighted by Gasteiger charge is 2.42. The Balaban J connectivity index is 4.17. The molecule has 5 heteroatoms. The molecule has 0 rings (SSSR count). The Hall–Kier alpha value is -0.710. The fourth-order valence-electron chi connectivity index (χ4n) is 0.587. The van der Waals surface area contributed by atoms with Crippen molar-refractivity contribution in [1.29, 1.82) is 0 Å². The van der Waals surface area contributed by atoms with Gasteiger partial charge in [0.1, 0.15) is 0 Å². The summed E-state index contributed by atoms with van der Waals surface area (Å²) in [5.74, 6) is -4.67. The van der Waals surface area contributed by atoms with E-state index >= 15 is 0 Å². The van der Waals surface area contributed by atoms with Crippen molar-refractivity contribution in [2.75, 3.05) is 6.61 Å². The minimum Gasteiger partial charge on any atom is -0.464 e. The van der Waals surface area contributed by atoms with E-state index in [2.05, 4.69) is 4.74 Å². The van der Waals surface area contributed by atoms with Gasteiger partial charge in [-0.3, -0.25) is 0 Å². The van der Waals surface area contributed by atoms with Crippen LogP contribution in [-0.4, -0.2) is 29.7 Å². The van der Waals surface area contributed by atoms with Crippen molar-refractivity contribution < 1.29 is 23.4 Å². The van der Waals surface area contributed by atoms with Crippen LogP contribution in [0.15, 0.2) is 0 Å². The number of rotatable bonds is 4. The molecule has 1 unspecified atom stereocenters. The number of aliphatic hydroxyl groups excluding tert-OH is 1. The molecule has 0 fully saturated rings. The van der Waals surface area contributed by atoms with Crippen molar-refractivity contribution in [3.05, 3.63) is 0 Å². The van der Waals surface area contributed by atoms with E-state index in [1.165, 1.54) is 13.8 Å². The molecule has 3 nitrogen and oxygen atoms in total. The lowest BCUT2D eigenvalue weighted by Crippen LogP contribution is -2.40. The van der Waals surface area contributed by atoms with E-state index < -0.39 is 24.4 Å². The van der Waals surface area contributed by atoms with E-state index in [0.717, 1.165) is 0 Å². The Labute approximate surface area is 69.3 Å². The zero-order valence-corrected chi connectivity index (χ0v) is 7.01. The van der Waals surface area contributed by atoms with Crippen LogP contribution in [0.25, 0.3) is 0 Å². The van der Waals surface area contributed by atoms with Crippen LogP contribution in [0.3, 0.4) is 0 Å². The largest absolute Gasteiger partial charge is 0.464 e. The Morgan fingerprint density at radius 3 is 2.42 bits per heavy atom. The maximum absolute atomic E-state index is 12.6. The molecular formula is C7H12F2O3. The molecule has 0 aliphatic carbocycles. The monoisotopic (exact) mass is 182 g/mol. The van der Waals surface area contributed by atoms with Crippen molar-refractivity contribution in [3.8, 4) is 0 Å². The van der Waals surface area contributed by atoms with Gasteiger partial charge in [0.05, 0.1) is 6.61 Å². The van der Waals surface area contributed by atoms with E-state index in [9.17, 15) is 13.6 Å². The highest BCUT2D eigenvalue weighted by atomic mass is 19.3. The van der Waals surface area contributed by atoms with Gasteiger partial charge in [-0.2, -0.15) is 0 Å². The number of carbonyl (C=O) groups excluding carboxylic acids is 1. The summed E-state index contributed by atoms with van der Waals surface area (Å²) in [6.45, 7) is 2.65. The second kappa shape index (κ2) is 4.35. The first kappa shape index (κ1) is 11.3. The maximum Gasteiger partial charge on any atom is 0.341 e. The minimum absolute atomic E-state index is 0.0182. The van der Waals surface area contributed by atoms with Gasteiger partial charge < -0.3 is 9.84 Å². The molecule has 0 heterocycles. The van der Waals surface area contributed by atoms with Crippen molar-refractivity contribution in [2.24, 2.45) is 0 Å². The fraction of sp³-hybridized carbons (Fsp3) is 0.857. The first-order chi connectivity index (χ1) is 5.45. The molecule has 72 valence electrons. The van der Waals surface area contributed by atoms with Crippen LogP contribution < -0.4 is 0 Å². The van der Waals surface area contributed by atoms with Crippen LogP contribution in [0, 0.1) is 0 Å². The number of hydrogen-bond donors (Lipinski definition) is 1.